The fourth-order valence-electron chi connectivity index (χ4n) is 3.64. The van der Waals surface area contributed by atoms with Gasteiger partial charge in [0.05, 0.1) is 5.56 Å². The largest absolute Gasteiger partial charge is 0.416 e. The number of carbonyl (C=O) groups excluding carboxylic acids is 1. The van der Waals surface area contributed by atoms with E-state index in [9.17, 15) is 18.0 Å². The number of fused-ring (bicyclic) bond motifs is 1. The first kappa shape index (κ1) is 22.7. The lowest BCUT2D eigenvalue weighted by molar-refractivity contribution is -0.137. The molecule has 0 aliphatic carbocycles. The van der Waals surface area contributed by atoms with E-state index in [1.807, 2.05) is 29.0 Å². The van der Waals surface area contributed by atoms with E-state index >= 15 is 0 Å². The van der Waals surface area contributed by atoms with E-state index in [1.165, 1.54) is 23.3 Å². The van der Waals surface area contributed by atoms with Gasteiger partial charge in [0.1, 0.15) is 0 Å². The maximum Gasteiger partial charge on any atom is 0.416 e. The number of nitrogens with one attached hydrogen (secondary N) is 1. The monoisotopic (exact) mass is 432 g/mol. The van der Waals surface area contributed by atoms with Crippen LogP contribution in [0.2, 0.25) is 0 Å². The number of nitrogens with zero attached hydrogens (tertiary/aromatic N) is 3. The van der Waals surface area contributed by atoms with Gasteiger partial charge in [-0.15, -0.1) is 0 Å². The van der Waals surface area contributed by atoms with Crippen molar-refractivity contribution in [1.29, 1.82) is 0 Å². The molecule has 2 aromatic rings. The molecule has 0 saturated carbocycles. The van der Waals surface area contributed by atoms with Gasteiger partial charge in [0.2, 0.25) is 5.91 Å². The van der Waals surface area contributed by atoms with Crippen LogP contribution in [0.3, 0.4) is 0 Å². The van der Waals surface area contributed by atoms with Crippen LogP contribution >= 0.6 is 0 Å². The van der Waals surface area contributed by atoms with E-state index in [2.05, 4.69) is 22.4 Å². The zero-order valence-corrected chi connectivity index (χ0v) is 17.7. The fraction of sp³-hybridized carbons (Fsp3) is 0.391. The Kier molecular flexibility index (Phi) is 7.20. The lowest BCUT2D eigenvalue weighted by Gasteiger charge is -2.22. The van der Waals surface area contributed by atoms with Crippen molar-refractivity contribution in [1.82, 2.24) is 15.1 Å². The number of carbonyl (C=O) groups is 1. The van der Waals surface area contributed by atoms with E-state index < -0.39 is 11.7 Å². The molecule has 1 N–H and O–H groups in total. The molecule has 0 aromatic heterocycles. The van der Waals surface area contributed by atoms with Crippen molar-refractivity contribution in [2.75, 3.05) is 20.6 Å². The minimum Gasteiger partial charge on any atom is -0.356 e. The van der Waals surface area contributed by atoms with E-state index in [4.69, 9.17) is 0 Å². The van der Waals surface area contributed by atoms with Gasteiger partial charge in [-0.25, -0.2) is 0 Å². The van der Waals surface area contributed by atoms with Gasteiger partial charge in [0.25, 0.3) is 0 Å². The summed E-state index contributed by atoms with van der Waals surface area (Å²) in [5.41, 5.74) is 2.51. The van der Waals surface area contributed by atoms with Crippen molar-refractivity contribution in [3.63, 3.8) is 0 Å². The van der Waals surface area contributed by atoms with Crippen molar-refractivity contribution in [3.05, 3.63) is 70.8 Å². The van der Waals surface area contributed by atoms with Crippen LogP contribution in [0.1, 0.15) is 35.1 Å². The summed E-state index contributed by atoms with van der Waals surface area (Å²) in [6, 6.07) is 13.2. The van der Waals surface area contributed by atoms with Crippen LogP contribution in [0.4, 0.5) is 13.2 Å². The molecule has 0 fully saturated rings. The highest BCUT2D eigenvalue weighted by Gasteiger charge is 2.30. The standard InChI is InChI=1S/C23H27F3N4O/c1-27-22(29(2)14-17-9-11-20(12-10-17)23(24,25)26)28-13-5-8-21(31)30-15-18-6-3-4-7-19(18)16-30/h3-4,6-7,9-12H,5,8,13-16H2,1-2H3,(H,27,28). The fourth-order valence-corrected chi connectivity index (χ4v) is 3.64. The molecule has 0 radical (unpaired) electrons. The number of halogens is 3. The second-order valence-electron chi connectivity index (χ2n) is 7.65. The van der Waals surface area contributed by atoms with Crippen molar-refractivity contribution >= 4 is 11.9 Å². The third kappa shape index (κ3) is 5.99. The molecular formula is C23H27F3N4O. The number of alkyl halides is 3. The number of hydrogen-bond acceptors (Lipinski definition) is 2. The highest BCUT2D eigenvalue weighted by atomic mass is 19.4. The molecule has 8 heteroatoms. The normalized spacial score (nSPS) is 13.8. The van der Waals surface area contributed by atoms with Gasteiger partial charge in [-0.3, -0.25) is 9.79 Å². The lowest BCUT2D eigenvalue weighted by Crippen LogP contribution is -2.39. The predicted molar refractivity (Wildman–Crippen MR) is 114 cm³/mol. The van der Waals surface area contributed by atoms with Crippen LogP contribution in [0, 0.1) is 0 Å². The summed E-state index contributed by atoms with van der Waals surface area (Å²) in [4.78, 5) is 20.4. The average molecular weight is 432 g/mol. The Morgan fingerprint density at radius 1 is 1.10 bits per heavy atom. The van der Waals surface area contributed by atoms with Gasteiger partial charge in [0, 0.05) is 46.7 Å². The molecule has 1 aliphatic heterocycles. The molecule has 31 heavy (non-hydrogen) atoms. The molecule has 1 aliphatic rings. The smallest absolute Gasteiger partial charge is 0.356 e. The van der Waals surface area contributed by atoms with Crippen LogP contribution < -0.4 is 5.32 Å². The average Bonchev–Trinajstić information content (AvgIpc) is 3.18. The molecule has 166 valence electrons. The molecule has 1 amide bonds. The Bertz CT molecular complexity index is 900. The van der Waals surface area contributed by atoms with Gasteiger partial charge < -0.3 is 15.1 Å². The quantitative estimate of drug-likeness (QED) is 0.426. The molecule has 0 unspecified atom stereocenters. The summed E-state index contributed by atoms with van der Waals surface area (Å²) < 4.78 is 38.1. The number of amides is 1. The van der Waals surface area contributed by atoms with Gasteiger partial charge in [-0.05, 0) is 35.2 Å². The number of benzene rings is 2. The van der Waals surface area contributed by atoms with Crippen molar-refractivity contribution in [2.45, 2.75) is 38.7 Å². The number of guanidine groups is 1. The van der Waals surface area contributed by atoms with Gasteiger partial charge >= 0.3 is 6.18 Å². The SMILES string of the molecule is CN=C(NCCCC(=O)N1Cc2ccccc2C1)N(C)Cc1ccc(C(F)(F)F)cc1. The molecule has 0 spiro atoms. The lowest BCUT2D eigenvalue weighted by atomic mass is 10.1. The Labute approximate surface area is 180 Å². The predicted octanol–water partition coefficient (Wildman–Crippen LogP) is 4.04. The van der Waals surface area contributed by atoms with Crippen molar-refractivity contribution in [2.24, 2.45) is 4.99 Å². The van der Waals surface area contributed by atoms with Crippen LogP contribution in [-0.2, 0) is 30.6 Å². The van der Waals surface area contributed by atoms with Gasteiger partial charge in [0.15, 0.2) is 5.96 Å². The summed E-state index contributed by atoms with van der Waals surface area (Å²) in [6.45, 7) is 2.33. The molecule has 3 rings (SSSR count). The second-order valence-corrected chi connectivity index (χ2v) is 7.65. The molecule has 5 nitrogen and oxygen atoms in total. The van der Waals surface area contributed by atoms with Crippen molar-refractivity contribution < 1.29 is 18.0 Å². The first-order valence-electron chi connectivity index (χ1n) is 10.2. The van der Waals surface area contributed by atoms with Crippen molar-refractivity contribution in [3.8, 4) is 0 Å². The molecular weight excluding hydrogens is 405 g/mol. The maximum absolute atomic E-state index is 12.7. The van der Waals surface area contributed by atoms with E-state index in [0.717, 1.165) is 17.7 Å². The van der Waals surface area contributed by atoms with Gasteiger partial charge in [-0.1, -0.05) is 36.4 Å². The zero-order chi connectivity index (χ0) is 22.4. The van der Waals surface area contributed by atoms with Crippen LogP contribution in [0.25, 0.3) is 0 Å². The number of hydrogen-bond donors (Lipinski definition) is 1. The molecule has 1 heterocycles. The Morgan fingerprint density at radius 2 is 1.71 bits per heavy atom. The Hall–Kier alpha value is -3.03. The first-order valence-corrected chi connectivity index (χ1v) is 10.2. The maximum atomic E-state index is 12.7. The molecule has 0 atom stereocenters. The zero-order valence-electron chi connectivity index (χ0n) is 17.7. The Balaban J connectivity index is 1.41. The van der Waals surface area contributed by atoms with E-state index in [0.29, 0.717) is 45.0 Å². The second kappa shape index (κ2) is 9.85. The Morgan fingerprint density at radius 3 is 2.26 bits per heavy atom. The number of aliphatic imine (C=N–C) groups is 1. The van der Waals surface area contributed by atoms with Crippen LogP contribution in [0.15, 0.2) is 53.5 Å². The minimum atomic E-state index is -4.34. The third-order valence-electron chi connectivity index (χ3n) is 5.32. The molecule has 0 saturated heterocycles. The third-order valence-corrected chi connectivity index (χ3v) is 5.32. The summed E-state index contributed by atoms with van der Waals surface area (Å²) in [5, 5.41) is 3.21. The van der Waals surface area contributed by atoms with Crippen LogP contribution in [-0.4, -0.2) is 42.3 Å². The van der Waals surface area contributed by atoms with Gasteiger partial charge in [-0.2, -0.15) is 13.2 Å². The highest BCUT2D eigenvalue weighted by molar-refractivity contribution is 5.80. The molecule has 2 aromatic carbocycles. The number of rotatable bonds is 6. The summed E-state index contributed by atoms with van der Waals surface area (Å²) in [7, 11) is 3.47. The highest BCUT2D eigenvalue weighted by Crippen LogP contribution is 2.29. The summed E-state index contributed by atoms with van der Waals surface area (Å²) >= 11 is 0. The topological polar surface area (TPSA) is 47.9 Å². The first-order chi connectivity index (χ1) is 14.8. The summed E-state index contributed by atoms with van der Waals surface area (Å²) in [5.74, 6) is 0.757. The van der Waals surface area contributed by atoms with E-state index in [1.54, 1.807) is 7.05 Å². The minimum absolute atomic E-state index is 0.131. The summed E-state index contributed by atoms with van der Waals surface area (Å²) in [6.07, 6.45) is -3.23. The van der Waals surface area contributed by atoms with Crippen LogP contribution in [0.5, 0.6) is 0 Å². The van der Waals surface area contributed by atoms with E-state index in [-0.39, 0.29) is 5.91 Å². The molecule has 0 bridgehead atoms.